The van der Waals surface area contributed by atoms with Gasteiger partial charge >= 0.3 is 0 Å². The van der Waals surface area contributed by atoms with E-state index >= 15 is 0 Å². The molecule has 2 rings (SSSR count). The van der Waals surface area contributed by atoms with Crippen molar-refractivity contribution in [1.82, 2.24) is 5.32 Å². The van der Waals surface area contributed by atoms with Crippen molar-refractivity contribution >= 4 is 15.9 Å². The Balaban J connectivity index is 1.80. The van der Waals surface area contributed by atoms with Crippen LogP contribution in [0.1, 0.15) is 51.5 Å². The molecular formula is C17H26BrN. The van der Waals surface area contributed by atoms with Gasteiger partial charge in [0.05, 0.1) is 0 Å². The molecule has 2 heteroatoms. The average molecular weight is 324 g/mol. The van der Waals surface area contributed by atoms with E-state index in [0.717, 1.165) is 22.9 Å². The van der Waals surface area contributed by atoms with Gasteiger partial charge in [0.15, 0.2) is 0 Å². The van der Waals surface area contributed by atoms with Gasteiger partial charge in [-0.3, -0.25) is 0 Å². The van der Waals surface area contributed by atoms with Crippen LogP contribution in [-0.4, -0.2) is 12.1 Å². The van der Waals surface area contributed by atoms with Gasteiger partial charge in [-0.1, -0.05) is 47.8 Å². The van der Waals surface area contributed by atoms with Crippen molar-refractivity contribution in [3.8, 4) is 0 Å². The summed E-state index contributed by atoms with van der Waals surface area (Å²) in [5.41, 5.74) is 1.42. The molecule has 0 saturated heterocycles. The molecule has 0 radical (unpaired) electrons. The van der Waals surface area contributed by atoms with E-state index in [4.69, 9.17) is 0 Å². The van der Waals surface area contributed by atoms with Gasteiger partial charge in [-0.2, -0.15) is 0 Å². The molecule has 1 N–H and O–H groups in total. The van der Waals surface area contributed by atoms with Gasteiger partial charge in [-0.25, -0.2) is 0 Å². The molecule has 0 amide bonds. The van der Waals surface area contributed by atoms with Crippen molar-refractivity contribution in [2.75, 3.05) is 0 Å². The first-order valence-electron chi connectivity index (χ1n) is 7.64. The number of hydrogen-bond acceptors (Lipinski definition) is 1. The zero-order chi connectivity index (χ0) is 13.7. The molecule has 1 saturated carbocycles. The van der Waals surface area contributed by atoms with Crippen molar-refractivity contribution in [3.05, 3.63) is 34.3 Å². The van der Waals surface area contributed by atoms with Gasteiger partial charge in [-0.15, -0.1) is 0 Å². The molecule has 3 unspecified atom stereocenters. The lowest BCUT2D eigenvalue weighted by Crippen LogP contribution is -2.37. The third-order valence-electron chi connectivity index (χ3n) is 4.23. The van der Waals surface area contributed by atoms with Gasteiger partial charge in [-0.05, 0) is 56.2 Å². The Labute approximate surface area is 126 Å². The highest BCUT2D eigenvalue weighted by atomic mass is 79.9. The summed E-state index contributed by atoms with van der Waals surface area (Å²) in [6, 6.07) is 10.0. The molecule has 19 heavy (non-hydrogen) atoms. The third kappa shape index (κ3) is 5.27. The SMILES string of the molecule is CC1CCCC(NC(C)Cc2ccc(Br)cc2)CC1. The van der Waals surface area contributed by atoms with Gasteiger partial charge in [0.25, 0.3) is 0 Å². The second kappa shape index (κ2) is 7.44. The van der Waals surface area contributed by atoms with E-state index < -0.39 is 0 Å². The Kier molecular flexibility index (Phi) is 5.90. The maximum atomic E-state index is 3.83. The minimum absolute atomic E-state index is 0.569. The first kappa shape index (κ1) is 15.1. The summed E-state index contributed by atoms with van der Waals surface area (Å²) >= 11 is 3.49. The topological polar surface area (TPSA) is 12.0 Å². The summed E-state index contributed by atoms with van der Waals surface area (Å²) in [7, 11) is 0. The molecule has 1 aromatic rings. The van der Waals surface area contributed by atoms with Gasteiger partial charge < -0.3 is 5.32 Å². The Bertz CT molecular complexity index is 373. The first-order chi connectivity index (χ1) is 9.13. The summed E-state index contributed by atoms with van der Waals surface area (Å²) in [6.45, 7) is 4.71. The molecule has 0 spiro atoms. The number of hydrogen-bond donors (Lipinski definition) is 1. The van der Waals surface area contributed by atoms with Crippen LogP contribution in [-0.2, 0) is 6.42 Å². The van der Waals surface area contributed by atoms with Crippen LogP contribution in [0.25, 0.3) is 0 Å². The number of benzene rings is 1. The number of rotatable bonds is 4. The zero-order valence-electron chi connectivity index (χ0n) is 12.2. The predicted octanol–water partition coefficient (Wildman–Crippen LogP) is 4.94. The fraction of sp³-hybridized carbons (Fsp3) is 0.647. The average Bonchev–Trinajstić information content (AvgIpc) is 2.57. The first-order valence-corrected chi connectivity index (χ1v) is 8.43. The maximum Gasteiger partial charge on any atom is 0.0175 e. The zero-order valence-corrected chi connectivity index (χ0v) is 13.7. The fourth-order valence-corrected chi connectivity index (χ4v) is 3.35. The van der Waals surface area contributed by atoms with E-state index in [2.05, 4.69) is 59.4 Å². The monoisotopic (exact) mass is 323 g/mol. The fourth-order valence-electron chi connectivity index (χ4n) is 3.09. The molecule has 1 aliphatic rings. The van der Waals surface area contributed by atoms with Crippen LogP contribution in [0, 0.1) is 5.92 Å². The van der Waals surface area contributed by atoms with Gasteiger partial charge in [0.2, 0.25) is 0 Å². The van der Waals surface area contributed by atoms with Crippen LogP contribution >= 0.6 is 15.9 Å². The van der Waals surface area contributed by atoms with Crippen LogP contribution in [0.5, 0.6) is 0 Å². The molecule has 1 aromatic carbocycles. The minimum atomic E-state index is 0.569. The maximum absolute atomic E-state index is 3.83. The van der Waals surface area contributed by atoms with Gasteiger partial charge in [0.1, 0.15) is 0 Å². The Morgan fingerprint density at radius 2 is 1.89 bits per heavy atom. The normalized spacial score (nSPS) is 25.8. The predicted molar refractivity (Wildman–Crippen MR) is 86.5 cm³/mol. The highest BCUT2D eigenvalue weighted by Gasteiger charge is 2.17. The summed E-state index contributed by atoms with van der Waals surface area (Å²) in [5.74, 6) is 0.925. The van der Waals surface area contributed by atoms with Crippen molar-refractivity contribution in [1.29, 1.82) is 0 Å². The van der Waals surface area contributed by atoms with E-state index in [1.165, 1.54) is 37.7 Å². The quantitative estimate of drug-likeness (QED) is 0.774. The molecule has 1 aliphatic carbocycles. The lowest BCUT2D eigenvalue weighted by molar-refractivity contribution is 0.400. The van der Waals surface area contributed by atoms with E-state index in [1.807, 2.05) is 0 Å². The summed E-state index contributed by atoms with van der Waals surface area (Å²) in [4.78, 5) is 0. The van der Waals surface area contributed by atoms with Crippen molar-refractivity contribution in [2.45, 2.75) is 64.5 Å². The Morgan fingerprint density at radius 1 is 1.16 bits per heavy atom. The lowest BCUT2D eigenvalue weighted by atomic mass is 10.0. The standard InChI is InChI=1S/C17H26BrN/c1-13-4-3-5-17(11-6-13)19-14(2)12-15-7-9-16(18)10-8-15/h7-10,13-14,17,19H,3-6,11-12H2,1-2H3. The van der Waals surface area contributed by atoms with Crippen LogP contribution in [0.15, 0.2) is 28.7 Å². The van der Waals surface area contributed by atoms with Crippen molar-refractivity contribution in [3.63, 3.8) is 0 Å². The van der Waals surface area contributed by atoms with E-state index in [9.17, 15) is 0 Å². The van der Waals surface area contributed by atoms with Crippen molar-refractivity contribution in [2.24, 2.45) is 5.92 Å². The minimum Gasteiger partial charge on any atom is -0.311 e. The molecule has 0 aliphatic heterocycles. The molecule has 0 heterocycles. The largest absolute Gasteiger partial charge is 0.311 e. The highest BCUT2D eigenvalue weighted by molar-refractivity contribution is 9.10. The molecule has 0 aromatic heterocycles. The number of halogens is 1. The van der Waals surface area contributed by atoms with E-state index in [-0.39, 0.29) is 0 Å². The molecule has 106 valence electrons. The van der Waals surface area contributed by atoms with Gasteiger partial charge in [0, 0.05) is 16.6 Å². The Morgan fingerprint density at radius 3 is 2.63 bits per heavy atom. The second-order valence-corrected chi connectivity index (χ2v) is 7.12. The summed E-state index contributed by atoms with van der Waals surface area (Å²) in [5, 5.41) is 3.83. The molecule has 1 fully saturated rings. The van der Waals surface area contributed by atoms with E-state index in [0.29, 0.717) is 6.04 Å². The molecule has 0 bridgehead atoms. The summed E-state index contributed by atoms with van der Waals surface area (Å²) in [6.07, 6.45) is 8.03. The van der Waals surface area contributed by atoms with Crippen LogP contribution < -0.4 is 5.32 Å². The molecule has 1 nitrogen and oxygen atoms in total. The Hall–Kier alpha value is -0.340. The molecular weight excluding hydrogens is 298 g/mol. The molecule has 3 atom stereocenters. The van der Waals surface area contributed by atoms with Crippen LogP contribution in [0.4, 0.5) is 0 Å². The summed E-state index contributed by atoms with van der Waals surface area (Å²) < 4.78 is 1.16. The van der Waals surface area contributed by atoms with Crippen LogP contribution in [0.2, 0.25) is 0 Å². The van der Waals surface area contributed by atoms with E-state index in [1.54, 1.807) is 0 Å². The lowest BCUT2D eigenvalue weighted by Gasteiger charge is -2.22. The highest BCUT2D eigenvalue weighted by Crippen LogP contribution is 2.23. The number of nitrogens with one attached hydrogen (secondary N) is 1. The third-order valence-corrected chi connectivity index (χ3v) is 4.76. The smallest absolute Gasteiger partial charge is 0.0175 e. The second-order valence-electron chi connectivity index (χ2n) is 6.21. The van der Waals surface area contributed by atoms with Crippen LogP contribution in [0.3, 0.4) is 0 Å². The van der Waals surface area contributed by atoms with Crippen molar-refractivity contribution < 1.29 is 0 Å².